The number of pyridine rings is 1. The second kappa shape index (κ2) is 8.71. The number of rotatable bonds is 7. The zero-order valence-corrected chi connectivity index (χ0v) is 15.1. The molecule has 1 amide bonds. The Morgan fingerprint density at radius 1 is 1.00 bits per heavy atom. The summed E-state index contributed by atoms with van der Waals surface area (Å²) in [6.45, 7) is 1.87. The molecule has 0 aliphatic rings. The number of amides is 1. The van der Waals surface area contributed by atoms with Crippen molar-refractivity contribution in [2.45, 2.75) is 6.92 Å². The summed E-state index contributed by atoms with van der Waals surface area (Å²) in [7, 11) is 1.55. The van der Waals surface area contributed by atoms with Gasteiger partial charge in [0.25, 0.3) is 5.91 Å². The van der Waals surface area contributed by atoms with Gasteiger partial charge in [-0.05, 0) is 37.3 Å². The maximum atomic E-state index is 12.1. The Balaban J connectivity index is 1.53. The minimum atomic E-state index is -0.296. The highest BCUT2D eigenvalue weighted by atomic mass is 16.5. The van der Waals surface area contributed by atoms with Crippen molar-refractivity contribution >= 4 is 11.6 Å². The van der Waals surface area contributed by atoms with Gasteiger partial charge in [-0.3, -0.25) is 4.79 Å². The third-order valence-corrected chi connectivity index (χ3v) is 3.69. The van der Waals surface area contributed by atoms with Crippen LogP contribution in [0.4, 0.5) is 5.69 Å². The van der Waals surface area contributed by atoms with Crippen LogP contribution < -0.4 is 19.5 Å². The van der Waals surface area contributed by atoms with Crippen LogP contribution in [0.1, 0.15) is 5.56 Å². The Bertz CT molecular complexity index is 893. The largest absolute Gasteiger partial charge is 0.493 e. The van der Waals surface area contributed by atoms with E-state index < -0.39 is 0 Å². The quantitative estimate of drug-likeness (QED) is 0.680. The van der Waals surface area contributed by atoms with Crippen LogP contribution in [0.25, 0.3) is 0 Å². The number of methoxy groups -OCH3 is 1. The maximum Gasteiger partial charge on any atom is 0.262 e. The molecule has 0 fully saturated rings. The van der Waals surface area contributed by atoms with Gasteiger partial charge in [0, 0.05) is 6.07 Å². The summed E-state index contributed by atoms with van der Waals surface area (Å²) in [5.41, 5.74) is 1.71. The van der Waals surface area contributed by atoms with E-state index in [2.05, 4.69) is 10.3 Å². The Hall–Kier alpha value is -3.54. The first-order valence-corrected chi connectivity index (χ1v) is 8.40. The number of nitrogens with zero attached hydrogens (tertiary/aromatic N) is 1. The minimum absolute atomic E-state index is 0.137. The van der Waals surface area contributed by atoms with Crippen LogP contribution >= 0.6 is 0 Å². The van der Waals surface area contributed by atoms with E-state index in [1.54, 1.807) is 31.4 Å². The molecule has 0 unspecified atom stereocenters. The van der Waals surface area contributed by atoms with Gasteiger partial charge >= 0.3 is 0 Å². The van der Waals surface area contributed by atoms with Crippen molar-refractivity contribution in [1.82, 2.24) is 4.98 Å². The van der Waals surface area contributed by atoms with Crippen LogP contribution in [0.5, 0.6) is 23.1 Å². The highest BCUT2D eigenvalue weighted by Crippen LogP contribution is 2.25. The number of hydrogen-bond acceptors (Lipinski definition) is 5. The maximum absolute atomic E-state index is 12.1. The SMILES string of the molecule is COc1ccccc1OCC(=O)Nc1ccc(Oc2ccc(C)cc2)nc1. The topological polar surface area (TPSA) is 69.7 Å². The summed E-state index contributed by atoms with van der Waals surface area (Å²) in [5, 5.41) is 2.73. The molecule has 0 spiro atoms. The number of para-hydroxylation sites is 2. The Morgan fingerprint density at radius 3 is 2.41 bits per heavy atom. The molecule has 0 bridgehead atoms. The molecule has 1 heterocycles. The number of ether oxygens (including phenoxy) is 3. The summed E-state index contributed by atoms with van der Waals surface area (Å²) in [6, 6.07) is 18.2. The molecule has 0 radical (unpaired) electrons. The first kappa shape index (κ1) is 18.3. The van der Waals surface area contributed by atoms with Gasteiger partial charge in [-0.25, -0.2) is 4.98 Å². The van der Waals surface area contributed by atoms with E-state index in [9.17, 15) is 4.79 Å². The van der Waals surface area contributed by atoms with Gasteiger partial charge in [0.1, 0.15) is 5.75 Å². The molecule has 27 heavy (non-hydrogen) atoms. The van der Waals surface area contributed by atoms with Gasteiger partial charge in [0.2, 0.25) is 5.88 Å². The number of benzene rings is 2. The molecule has 6 heteroatoms. The summed E-state index contributed by atoms with van der Waals surface area (Å²) < 4.78 is 16.3. The Labute approximate surface area is 157 Å². The highest BCUT2D eigenvalue weighted by Gasteiger charge is 2.08. The fourth-order valence-electron chi connectivity index (χ4n) is 2.32. The van der Waals surface area contributed by atoms with Gasteiger partial charge in [-0.15, -0.1) is 0 Å². The number of aromatic nitrogens is 1. The lowest BCUT2D eigenvalue weighted by Gasteiger charge is -2.10. The zero-order chi connectivity index (χ0) is 19.1. The number of hydrogen-bond donors (Lipinski definition) is 1. The average molecular weight is 364 g/mol. The number of carbonyl (C=O) groups is 1. The van der Waals surface area contributed by atoms with E-state index in [0.29, 0.717) is 28.8 Å². The van der Waals surface area contributed by atoms with Crippen LogP contribution in [-0.2, 0) is 4.79 Å². The molecular formula is C21H20N2O4. The third kappa shape index (κ3) is 5.22. The van der Waals surface area contributed by atoms with Crippen LogP contribution in [0, 0.1) is 6.92 Å². The third-order valence-electron chi connectivity index (χ3n) is 3.69. The van der Waals surface area contributed by atoms with Crippen molar-refractivity contribution in [2.24, 2.45) is 0 Å². The van der Waals surface area contributed by atoms with Crippen molar-refractivity contribution in [2.75, 3.05) is 19.0 Å². The molecule has 0 aliphatic heterocycles. The molecule has 3 rings (SSSR count). The normalized spacial score (nSPS) is 10.1. The Kier molecular flexibility index (Phi) is 5.89. The number of aryl methyl sites for hydroxylation is 1. The minimum Gasteiger partial charge on any atom is -0.493 e. The predicted molar refractivity (Wildman–Crippen MR) is 103 cm³/mol. The fraction of sp³-hybridized carbons (Fsp3) is 0.143. The van der Waals surface area contributed by atoms with E-state index >= 15 is 0 Å². The molecule has 0 saturated carbocycles. The second-order valence-corrected chi connectivity index (χ2v) is 5.79. The summed E-state index contributed by atoms with van der Waals surface area (Å²) >= 11 is 0. The molecule has 6 nitrogen and oxygen atoms in total. The zero-order valence-electron chi connectivity index (χ0n) is 15.1. The number of nitrogens with one attached hydrogen (secondary N) is 1. The van der Waals surface area contributed by atoms with Crippen LogP contribution in [0.2, 0.25) is 0 Å². The van der Waals surface area contributed by atoms with Crippen molar-refractivity contribution in [3.8, 4) is 23.1 Å². The van der Waals surface area contributed by atoms with Crippen LogP contribution in [0.15, 0.2) is 66.9 Å². The molecule has 138 valence electrons. The Morgan fingerprint density at radius 2 is 1.74 bits per heavy atom. The van der Waals surface area contributed by atoms with Crippen LogP contribution in [0.3, 0.4) is 0 Å². The average Bonchev–Trinajstić information content (AvgIpc) is 2.70. The smallest absolute Gasteiger partial charge is 0.262 e. The lowest BCUT2D eigenvalue weighted by Crippen LogP contribution is -2.20. The van der Waals surface area contributed by atoms with Gasteiger partial charge in [-0.1, -0.05) is 29.8 Å². The van der Waals surface area contributed by atoms with E-state index in [1.807, 2.05) is 43.3 Å². The molecule has 0 atom stereocenters. The molecule has 1 N–H and O–H groups in total. The van der Waals surface area contributed by atoms with Gasteiger partial charge in [0.05, 0.1) is 19.0 Å². The number of anilines is 1. The van der Waals surface area contributed by atoms with Crippen molar-refractivity contribution in [3.63, 3.8) is 0 Å². The second-order valence-electron chi connectivity index (χ2n) is 5.79. The summed E-state index contributed by atoms with van der Waals surface area (Å²) in [5.74, 6) is 1.94. The van der Waals surface area contributed by atoms with Crippen molar-refractivity contribution in [3.05, 3.63) is 72.4 Å². The van der Waals surface area contributed by atoms with Crippen LogP contribution in [-0.4, -0.2) is 24.6 Å². The van der Waals surface area contributed by atoms with E-state index in [1.165, 1.54) is 6.20 Å². The first-order valence-electron chi connectivity index (χ1n) is 8.40. The van der Waals surface area contributed by atoms with E-state index in [4.69, 9.17) is 14.2 Å². The fourth-order valence-corrected chi connectivity index (χ4v) is 2.32. The lowest BCUT2D eigenvalue weighted by molar-refractivity contribution is -0.118. The molecule has 1 aromatic heterocycles. The molecule has 0 saturated heterocycles. The predicted octanol–water partition coefficient (Wildman–Crippen LogP) is 4.21. The van der Waals surface area contributed by atoms with E-state index in [0.717, 1.165) is 5.56 Å². The monoisotopic (exact) mass is 364 g/mol. The molecule has 2 aromatic carbocycles. The summed E-state index contributed by atoms with van der Waals surface area (Å²) in [6.07, 6.45) is 1.53. The van der Waals surface area contributed by atoms with Gasteiger partial charge in [0.15, 0.2) is 18.1 Å². The number of carbonyl (C=O) groups excluding carboxylic acids is 1. The highest BCUT2D eigenvalue weighted by molar-refractivity contribution is 5.91. The summed E-state index contributed by atoms with van der Waals surface area (Å²) in [4.78, 5) is 16.3. The molecular weight excluding hydrogens is 344 g/mol. The van der Waals surface area contributed by atoms with E-state index in [-0.39, 0.29) is 12.5 Å². The molecule has 3 aromatic rings. The van der Waals surface area contributed by atoms with Crippen molar-refractivity contribution in [1.29, 1.82) is 0 Å². The van der Waals surface area contributed by atoms with Gasteiger partial charge in [-0.2, -0.15) is 0 Å². The van der Waals surface area contributed by atoms with Gasteiger partial charge < -0.3 is 19.5 Å². The van der Waals surface area contributed by atoms with Crippen molar-refractivity contribution < 1.29 is 19.0 Å². The molecule has 0 aliphatic carbocycles. The lowest BCUT2D eigenvalue weighted by atomic mass is 10.2. The first-order chi connectivity index (χ1) is 13.1. The standard InChI is InChI=1S/C21H20N2O4/c1-15-7-10-17(11-8-15)27-21-12-9-16(13-22-21)23-20(24)14-26-19-6-4-3-5-18(19)25-2/h3-13H,14H2,1-2H3,(H,23,24).